The Morgan fingerprint density at radius 2 is 1.92 bits per heavy atom. The molecule has 3 nitrogen and oxygen atoms in total. The second kappa shape index (κ2) is 11.6. The SMILES string of the molecule is CCCCCCC/C=C/C(=O)N(C/C=C/c1ccccc1)CC1CO1. The molecule has 0 N–H and O–H groups in total. The quantitative estimate of drug-likeness (QED) is 0.309. The summed E-state index contributed by atoms with van der Waals surface area (Å²) in [7, 11) is 0. The Hall–Kier alpha value is -1.87. The van der Waals surface area contributed by atoms with Crippen LogP contribution in [0.5, 0.6) is 0 Å². The van der Waals surface area contributed by atoms with Crippen molar-refractivity contribution in [3.63, 3.8) is 0 Å². The molecule has 1 unspecified atom stereocenters. The Labute approximate surface area is 152 Å². The average Bonchev–Trinajstić information content (AvgIpc) is 3.45. The third-order valence-electron chi connectivity index (χ3n) is 4.31. The Kier molecular flexibility index (Phi) is 9.06. The van der Waals surface area contributed by atoms with Gasteiger partial charge in [0, 0.05) is 13.1 Å². The Bertz CT molecular complexity index is 546. The molecule has 1 amide bonds. The molecular weight excluding hydrogens is 310 g/mol. The fraction of sp³-hybridized carbons (Fsp3) is 0.500. The van der Waals surface area contributed by atoms with Crippen molar-refractivity contribution >= 4 is 12.0 Å². The van der Waals surface area contributed by atoms with Crippen molar-refractivity contribution in [1.29, 1.82) is 0 Å². The molecule has 0 spiro atoms. The predicted molar refractivity (Wildman–Crippen MR) is 104 cm³/mol. The maximum absolute atomic E-state index is 12.4. The van der Waals surface area contributed by atoms with E-state index in [9.17, 15) is 4.79 Å². The summed E-state index contributed by atoms with van der Waals surface area (Å²) < 4.78 is 5.29. The highest BCUT2D eigenvalue weighted by molar-refractivity contribution is 5.87. The summed E-state index contributed by atoms with van der Waals surface area (Å²) in [5.74, 6) is 0.0850. The van der Waals surface area contributed by atoms with Crippen molar-refractivity contribution in [3.05, 3.63) is 54.1 Å². The largest absolute Gasteiger partial charge is 0.371 e. The van der Waals surface area contributed by atoms with E-state index in [1.165, 1.54) is 32.1 Å². The number of nitrogens with zero attached hydrogens (tertiary/aromatic N) is 1. The number of allylic oxidation sites excluding steroid dienone is 1. The summed E-state index contributed by atoms with van der Waals surface area (Å²) in [5, 5.41) is 0. The Morgan fingerprint density at radius 1 is 1.16 bits per heavy atom. The Morgan fingerprint density at radius 3 is 2.64 bits per heavy atom. The van der Waals surface area contributed by atoms with Crippen molar-refractivity contribution in [2.24, 2.45) is 0 Å². The molecule has 3 heteroatoms. The van der Waals surface area contributed by atoms with E-state index in [4.69, 9.17) is 4.74 Å². The monoisotopic (exact) mass is 341 g/mol. The van der Waals surface area contributed by atoms with Gasteiger partial charge in [0.15, 0.2) is 0 Å². The molecular formula is C22H31NO2. The van der Waals surface area contributed by atoms with Gasteiger partial charge < -0.3 is 9.64 Å². The lowest BCUT2D eigenvalue weighted by Gasteiger charge is -2.18. The van der Waals surface area contributed by atoms with Crippen molar-refractivity contribution in [2.75, 3.05) is 19.7 Å². The second-order valence-electron chi connectivity index (χ2n) is 6.62. The minimum Gasteiger partial charge on any atom is -0.371 e. The summed E-state index contributed by atoms with van der Waals surface area (Å²) in [6.07, 6.45) is 15.4. The van der Waals surface area contributed by atoms with Gasteiger partial charge >= 0.3 is 0 Å². The van der Waals surface area contributed by atoms with E-state index in [0.717, 1.165) is 18.6 Å². The van der Waals surface area contributed by atoms with Gasteiger partial charge in [0.25, 0.3) is 0 Å². The minimum atomic E-state index is 0.0850. The van der Waals surface area contributed by atoms with Crippen LogP contribution < -0.4 is 0 Å². The molecule has 1 saturated heterocycles. The molecule has 136 valence electrons. The van der Waals surface area contributed by atoms with Gasteiger partial charge in [-0.1, -0.05) is 81.2 Å². The highest BCUT2D eigenvalue weighted by atomic mass is 16.6. The first-order valence-electron chi connectivity index (χ1n) is 9.58. The third kappa shape index (κ3) is 8.69. The van der Waals surface area contributed by atoms with Crippen LogP contribution in [0.25, 0.3) is 6.08 Å². The maximum atomic E-state index is 12.4. The van der Waals surface area contributed by atoms with Gasteiger partial charge in [-0.05, 0) is 24.5 Å². The number of amides is 1. The number of carbonyl (C=O) groups is 1. The summed E-state index contributed by atoms with van der Waals surface area (Å²) in [4.78, 5) is 14.3. The number of ether oxygens (including phenoxy) is 1. The molecule has 0 saturated carbocycles. The van der Waals surface area contributed by atoms with Gasteiger partial charge in [-0.25, -0.2) is 0 Å². The molecule has 2 rings (SSSR count). The van der Waals surface area contributed by atoms with Crippen molar-refractivity contribution in [1.82, 2.24) is 4.90 Å². The van der Waals surface area contributed by atoms with E-state index in [-0.39, 0.29) is 12.0 Å². The molecule has 1 atom stereocenters. The van der Waals surface area contributed by atoms with Gasteiger partial charge in [-0.2, -0.15) is 0 Å². The highest BCUT2D eigenvalue weighted by Crippen LogP contribution is 2.12. The van der Waals surface area contributed by atoms with E-state index < -0.39 is 0 Å². The lowest BCUT2D eigenvalue weighted by molar-refractivity contribution is -0.125. The number of unbranched alkanes of at least 4 members (excludes halogenated alkanes) is 5. The molecule has 0 aliphatic carbocycles. The van der Waals surface area contributed by atoms with Crippen molar-refractivity contribution < 1.29 is 9.53 Å². The molecule has 0 bridgehead atoms. The lowest BCUT2D eigenvalue weighted by Crippen LogP contribution is -2.33. The van der Waals surface area contributed by atoms with Crippen molar-refractivity contribution in [2.45, 2.75) is 51.6 Å². The number of epoxide rings is 1. The second-order valence-corrected chi connectivity index (χ2v) is 6.62. The summed E-state index contributed by atoms with van der Waals surface area (Å²) >= 11 is 0. The summed E-state index contributed by atoms with van der Waals surface area (Å²) in [6, 6.07) is 10.2. The first-order valence-corrected chi connectivity index (χ1v) is 9.58. The standard InChI is InChI=1S/C22H31NO2/c1-2-3-4-5-6-7-11-16-22(24)23(18-21-19-25-21)17-12-15-20-13-9-8-10-14-20/h8-16,21H,2-7,17-19H2,1H3/b15-12+,16-11+. The normalized spacial score (nSPS) is 16.6. The van der Waals surface area contributed by atoms with Crippen LogP contribution in [0.4, 0.5) is 0 Å². The molecule has 1 aromatic carbocycles. The van der Waals surface area contributed by atoms with Crippen LogP contribution in [0.15, 0.2) is 48.6 Å². The number of benzene rings is 1. The first-order chi connectivity index (χ1) is 12.3. The van der Waals surface area contributed by atoms with Crippen molar-refractivity contribution in [3.8, 4) is 0 Å². The molecule has 0 aromatic heterocycles. The maximum Gasteiger partial charge on any atom is 0.246 e. The fourth-order valence-electron chi connectivity index (χ4n) is 2.71. The van der Waals surface area contributed by atoms with E-state index in [1.807, 2.05) is 35.3 Å². The van der Waals surface area contributed by atoms with E-state index in [0.29, 0.717) is 13.1 Å². The zero-order valence-corrected chi connectivity index (χ0v) is 15.4. The fourth-order valence-corrected chi connectivity index (χ4v) is 2.71. The number of rotatable bonds is 12. The smallest absolute Gasteiger partial charge is 0.246 e. The van der Waals surface area contributed by atoms with Crippen LogP contribution in [0.1, 0.15) is 51.0 Å². The van der Waals surface area contributed by atoms with Gasteiger partial charge in [0.05, 0.1) is 12.7 Å². The van der Waals surface area contributed by atoms with Crippen LogP contribution >= 0.6 is 0 Å². The zero-order chi connectivity index (χ0) is 17.7. The topological polar surface area (TPSA) is 32.8 Å². The van der Waals surface area contributed by atoms with Crippen LogP contribution in [-0.4, -0.2) is 36.6 Å². The van der Waals surface area contributed by atoms with Crippen LogP contribution in [0.3, 0.4) is 0 Å². The van der Waals surface area contributed by atoms with E-state index >= 15 is 0 Å². The van der Waals surface area contributed by atoms with Gasteiger partial charge in [-0.3, -0.25) is 4.79 Å². The summed E-state index contributed by atoms with van der Waals surface area (Å²) in [5.41, 5.74) is 1.15. The molecule has 0 radical (unpaired) electrons. The van der Waals surface area contributed by atoms with Crippen LogP contribution in [0.2, 0.25) is 0 Å². The number of hydrogen-bond donors (Lipinski definition) is 0. The van der Waals surface area contributed by atoms with Crippen LogP contribution in [0, 0.1) is 0 Å². The highest BCUT2D eigenvalue weighted by Gasteiger charge is 2.26. The number of carbonyl (C=O) groups excluding carboxylic acids is 1. The third-order valence-corrected chi connectivity index (χ3v) is 4.31. The molecule has 1 heterocycles. The average molecular weight is 341 g/mol. The Balaban J connectivity index is 1.75. The first kappa shape index (κ1) is 19.5. The number of hydrogen-bond acceptors (Lipinski definition) is 2. The molecule has 1 aromatic rings. The minimum absolute atomic E-state index is 0.0850. The van der Waals surface area contributed by atoms with Gasteiger partial charge in [-0.15, -0.1) is 0 Å². The molecule has 1 aliphatic heterocycles. The lowest BCUT2D eigenvalue weighted by atomic mass is 10.1. The van der Waals surface area contributed by atoms with Gasteiger partial charge in [0.2, 0.25) is 5.91 Å². The molecule has 1 aliphatic rings. The molecule has 1 fully saturated rings. The zero-order valence-electron chi connectivity index (χ0n) is 15.4. The van der Waals surface area contributed by atoms with E-state index in [2.05, 4.69) is 25.1 Å². The van der Waals surface area contributed by atoms with E-state index in [1.54, 1.807) is 6.08 Å². The van der Waals surface area contributed by atoms with Crippen LogP contribution in [-0.2, 0) is 9.53 Å². The predicted octanol–water partition coefficient (Wildman–Crippen LogP) is 4.84. The van der Waals surface area contributed by atoms with Gasteiger partial charge in [0.1, 0.15) is 0 Å². The molecule has 25 heavy (non-hydrogen) atoms. The summed E-state index contributed by atoms with van der Waals surface area (Å²) in [6.45, 7) is 4.30.